The van der Waals surface area contributed by atoms with E-state index in [0.717, 1.165) is 25.0 Å². The van der Waals surface area contributed by atoms with Crippen LogP contribution < -0.4 is 4.74 Å². The monoisotopic (exact) mass is 308 g/mol. The summed E-state index contributed by atoms with van der Waals surface area (Å²) >= 11 is 18.8. The number of halogens is 3. The molecule has 1 aromatic rings. The van der Waals surface area contributed by atoms with E-state index in [1.54, 1.807) is 19.2 Å². The molecular weight excluding hydrogens is 294 g/mol. The zero-order valence-corrected chi connectivity index (χ0v) is 12.4. The standard InChI is InChI=1S/C13H15Cl3O2/c1-17-12-6-10(14)9(5-11(12)15)13(16)8-3-2-4-18-7-8/h5-6,8,13H,2-4,7H2,1H3. The summed E-state index contributed by atoms with van der Waals surface area (Å²) in [4.78, 5) is 0. The Morgan fingerprint density at radius 3 is 2.72 bits per heavy atom. The van der Waals surface area contributed by atoms with Gasteiger partial charge in [-0.1, -0.05) is 23.2 Å². The van der Waals surface area contributed by atoms with Crippen molar-refractivity contribution in [3.05, 3.63) is 27.7 Å². The Morgan fingerprint density at radius 1 is 1.33 bits per heavy atom. The third-order valence-corrected chi connectivity index (χ3v) is 4.39. The van der Waals surface area contributed by atoms with Crippen molar-refractivity contribution >= 4 is 34.8 Å². The van der Waals surface area contributed by atoms with Crippen LogP contribution in [0.5, 0.6) is 5.75 Å². The van der Waals surface area contributed by atoms with E-state index in [9.17, 15) is 0 Å². The first-order valence-electron chi connectivity index (χ1n) is 5.88. The normalized spacial score (nSPS) is 21.7. The van der Waals surface area contributed by atoms with Crippen LogP contribution in [-0.4, -0.2) is 20.3 Å². The highest BCUT2D eigenvalue weighted by Crippen LogP contribution is 2.41. The molecule has 2 atom stereocenters. The van der Waals surface area contributed by atoms with E-state index in [4.69, 9.17) is 44.3 Å². The minimum Gasteiger partial charge on any atom is -0.495 e. The minimum absolute atomic E-state index is 0.179. The van der Waals surface area contributed by atoms with Crippen LogP contribution in [0.2, 0.25) is 10.0 Å². The summed E-state index contributed by atoms with van der Waals surface area (Å²) in [6.07, 6.45) is 2.09. The Hall–Kier alpha value is -0.150. The molecule has 1 aliphatic heterocycles. The highest BCUT2D eigenvalue weighted by Gasteiger charge is 2.26. The molecule has 0 bridgehead atoms. The van der Waals surface area contributed by atoms with E-state index in [2.05, 4.69) is 0 Å². The van der Waals surface area contributed by atoms with Crippen molar-refractivity contribution in [3.63, 3.8) is 0 Å². The van der Waals surface area contributed by atoms with Crippen molar-refractivity contribution in [2.24, 2.45) is 5.92 Å². The molecule has 0 radical (unpaired) electrons. The molecule has 0 aromatic heterocycles. The molecule has 5 heteroatoms. The van der Waals surface area contributed by atoms with Gasteiger partial charge in [0.15, 0.2) is 0 Å². The maximum atomic E-state index is 6.49. The van der Waals surface area contributed by atoms with Crippen molar-refractivity contribution in [1.29, 1.82) is 0 Å². The topological polar surface area (TPSA) is 18.5 Å². The van der Waals surface area contributed by atoms with E-state index in [0.29, 0.717) is 22.4 Å². The Morgan fingerprint density at radius 2 is 2.11 bits per heavy atom. The predicted molar refractivity (Wildman–Crippen MR) is 75.2 cm³/mol. The molecule has 1 heterocycles. The SMILES string of the molecule is COc1cc(Cl)c(C(Cl)C2CCCOC2)cc1Cl. The van der Waals surface area contributed by atoms with Crippen LogP contribution in [0.25, 0.3) is 0 Å². The van der Waals surface area contributed by atoms with E-state index in [1.807, 2.05) is 0 Å². The van der Waals surface area contributed by atoms with Gasteiger partial charge in [0.2, 0.25) is 0 Å². The highest BCUT2D eigenvalue weighted by molar-refractivity contribution is 6.35. The first-order valence-corrected chi connectivity index (χ1v) is 7.07. The van der Waals surface area contributed by atoms with Gasteiger partial charge in [-0.15, -0.1) is 11.6 Å². The second kappa shape index (κ2) is 6.33. The summed E-state index contributed by atoms with van der Waals surface area (Å²) in [6, 6.07) is 3.49. The average molecular weight is 310 g/mol. The molecule has 18 heavy (non-hydrogen) atoms. The molecule has 100 valence electrons. The fraction of sp³-hybridized carbons (Fsp3) is 0.538. The number of alkyl halides is 1. The van der Waals surface area contributed by atoms with Crippen molar-refractivity contribution in [1.82, 2.24) is 0 Å². The third kappa shape index (κ3) is 3.05. The molecule has 0 amide bonds. The summed E-state index contributed by atoms with van der Waals surface area (Å²) in [5, 5.41) is 0.933. The zero-order chi connectivity index (χ0) is 13.1. The van der Waals surface area contributed by atoms with Gasteiger partial charge in [0.1, 0.15) is 5.75 Å². The van der Waals surface area contributed by atoms with Crippen LogP contribution in [0.4, 0.5) is 0 Å². The zero-order valence-electron chi connectivity index (χ0n) is 10.1. The number of hydrogen-bond acceptors (Lipinski definition) is 2. The van der Waals surface area contributed by atoms with Crippen LogP contribution in [0, 0.1) is 5.92 Å². The Kier molecular flexibility index (Phi) is 5.02. The number of benzene rings is 1. The lowest BCUT2D eigenvalue weighted by molar-refractivity contribution is 0.0531. The Balaban J connectivity index is 2.23. The predicted octanol–water partition coefficient (Wildman–Crippen LogP) is 4.71. The van der Waals surface area contributed by atoms with E-state index in [-0.39, 0.29) is 11.3 Å². The van der Waals surface area contributed by atoms with E-state index >= 15 is 0 Å². The summed E-state index contributed by atoms with van der Waals surface area (Å²) < 4.78 is 10.6. The molecule has 2 unspecified atom stereocenters. The molecule has 0 aliphatic carbocycles. The Bertz CT molecular complexity index is 417. The van der Waals surface area contributed by atoms with Gasteiger partial charge in [-0.05, 0) is 24.5 Å². The van der Waals surface area contributed by atoms with Gasteiger partial charge in [-0.2, -0.15) is 0 Å². The van der Waals surface area contributed by atoms with E-state index < -0.39 is 0 Å². The second-order valence-corrected chi connectivity index (χ2v) is 5.67. The molecule has 1 aliphatic rings. The van der Waals surface area contributed by atoms with Crippen molar-refractivity contribution in [3.8, 4) is 5.75 Å². The summed E-state index contributed by atoms with van der Waals surface area (Å²) in [5.41, 5.74) is 0.847. The second-order valence-electron chi connectivity index (χ2n) is 4.39. The average Bonchev–Trinajstić information content (AvgIpc) is 2.41. The van der Waals surface area contributed by atoms with Crippen LogP contribution in [0.3, 0.4) is 0 Å². The molecule has 0 saturated carbocycles. The smallest absolute Gasteiger partial charge is 0.138 e. The maximum Gasteiger partial charge on any atom is 0.138 e. The first kappa shape index (κ1) is 14.3. The lowest BCUT2D eigenvalue weighted by atomic mass is 9.93. The highest BCUT2D eigenvalue weighted by atomic mass is 35.5. The van der Waals surface area contributed by atoms with Crippen molar-refractivity contribution in [2.45, 2.75) is 18.2 Å². The summed E-state index contributed by atoms with van der Waals surface area (Å²) in [7, 11) is 1.56. The van der Waals surface area contributed by atoms with Gasteiger partial charge in [0.25, 0.3) is 0 Å². The molecular formula is C13H15Cl3O2. The molecule has 2 nitrogen and oxygen atoms in total. The van der Waals surface area contributed by atoms with Crippen molar-refractivity contribution in [2.75, 3.05) is 20.3 Å². The molecule has 1 saturated heterocycles. The van der Waals surface area contributed by atoms with Gasteiger partial charge in [-0.3, -0.25) is 0 Å². The maximum absolute atomic E-state index is 6.49. The number of ether oxygens (including phenoxy) is 2. The molecule has 1 aromatic carbocycles. The quantitative estimate of drug-likeness (QED) is 0.753. The summed E-state index contributed by atoms with van der Waals surface area (Å²) in [6.45, 7) is 1.49. The lowest BCUT2D eigenvalue weighted by Crippen LogP contribution is -2.21. The fourth-order valence-corrected chi connectivity index (χ4v) is 3.12. The van der Waals surface area contributed by atoms with Gasteiger partial charge >= 0.3 is 0 Å². The molecule has 2 rings (SSSR count). The van der Waals surface area contributed by atoms with Crippen LogP contribution in [0.15, 0.2) is 12.1 Å². The van der Waals surface area contributed by atoms with Gasteiger partial charge in [0, 0.05) is 23.6 Å². The Labute approximate surface area is 122 Å². The summed E-state index contributed by atoms with van der Waals surface area (Å²) in [5.74, 6) is 0.844. The number of rotatable bonds is 3. The minimum atomic E-state index is -0.179. The van der Waals surface area contributed by atoms with Gasteiger partial charge < -0.3 is 9.47 Å². The van der Waals surface area contributed by atoms with Crippen LogP contribution in [-0.2, 0) is 4.74 Å². The first-order chi connectivity index (χ1) is 8.63. The van der Waals surface area contributed by atoms with Crippen molar-refractivity contribution < 1.29 is 9.47 Å². The number of hydrogen-bond donors (Lipinski definition) is 0. The van der Waals surface area contributed by atoms with Gasteiger partial charge in [0.05, 0.1) is 24.1 Å². The fourth-order valence-electron chi connectivity index (χ4n) is 2.16. The lowest BCUT2D eigenvalue weighted by Gasteiger charge is -2.27. The molecule has 0 spiro atoms. The largest absolute Gasteiger partial charge is 0.495 e. The molecule has 0 N–H and O–H groups in total. The van der Waals surface area contributed by atoms with Crippen LogP contribution in [0.1, 0.15) is 23.8 Å². The third-order valence-electron chi connectivity index (χ3n) is 3.18. The van der Waals surface area contributed by atoms with Crippen LogP contribution >= 0.6 is 34.8 Å². The molecule has 1 fully saturated rings. The van der Waals surface area contributed by atoms with E-state index in [1.165, 1.54) is 0 Å². The number of methoxy groups -OCH3 is 1. The van der Waals surface area contributed by atoms with Gasteiger partial charge in [-0.25, -0.2) is 0 Å².